The maximum atomic E-state index is 5.95. The Morgan fingerprint density at radius 2 is 2.06 bits per heavy atom. The predicted octanol–water partition coefficient (Wildman–Crippen LogP) is 2.27. The van der Waals surface area contributed by atoms with Gasteiger partial charge < -0.3 is 10.5 Å². The number of nitrogens with two attached hydrogens (primary N) is 1. The third-order valence-electron chi connectivity index (χ3n) is 3.55. The van der Waals surface area contributed by atoms with E-state index in [1.54, 1.807) is 0 Å². The van der Waals surface area contributed by atoms with Gasteiger partial charge in [0, 0.05) is 25.7 Å². The minimum atomic E-state index is 0.269. The maximum Gasteiger partial charge on any atom is 0.0593 e. The van der Waals surface area contributed by atoms with Crippen molar-refractivity contribution in [2.75, 3.05) is 33.4 Å². The fraction of sp³-hybridized carbons (Fsp3) is 0.600. The average Bonchev–Trinajstić information content (AvgIpc) is 2.36. The van der Waals surface area contributed by atoms with Crippen LogP contribution in [0.3, 0.4) is 0 Å². The van der Waals surface area contributed by atoms with Gasteiger partial charge in [0.1, 0.15) is 0 Å². The average molecular weight is 250 g/mol. The molecule has 102 valence electrons. The summed E-state index contributed by atoms with van der Waals surface area (Å²) < 4.78 is 5.41. The van der Waals surface area contributed by atoms with Crippen LogP contribution in [0.2, 0.25) is 0 Å². The van der Waals surface area contributed by atoms with E-state index in [0.717, 1.165) is 19.8 Å². The third kappa shape index (κ3) is 3.80. The number of ether oxygens (including phenoxy) is 1. The lowest BCUT2D eigenvalue weighted by Gasteiger charge is -2.29. The number of hydrogen-bond donors (Lipinski definition) is 1. The van der Waals surface area contributed by atoms with Crippen molar-refractivity contribution in [2.24, 2.45) is 5.73 Å². The summed E-state index contributed by atoms with van der Waals surface area (Å²) in [6.07, 6.45) is 0. The Bertz CT molecular complexity index is 366. The molecular weight excluding hydrogens is 224 g/mol. The fourth-order valence-corrected chi connectivity index (χ4v) is 2.19. The van der Waals surface area contributed by atoms with E-state index in [2.05, 4.69) is 44.0 Å². The SMILES string of the molecule is CCOCCN(C)C(CN)c1cccc(C)c1C. The summed E-state index contributed by atoms with van der Waals surface area (Å²) in [5.41, 5.74) is 9.94. The van der Waals surface area contributed by atoms with E-state index in [1.165, 1.54) is 16.7 Å². The van der Waals surface area contributed by atoms with E-state index in [9.17, 15) is 0 Å². The molecule has 2 N–H and O–H groups in total. The smallest absolute Gasteiger partial charge is 0.0593 e. The molecule has 1 aromatic rings. The van der Waals surface area contributed by atoms with Gasteiger partial charge in [-0.05, 0) is 44.5 Å². The van der Waals surface area contributed by atoms with Crippen LogP contribution in [0.4, 0.5) is 0 Å². The van der Waals surface area contributed by atoms with Crippen molar-refractivity contribution in [2.45, 2.75) is 26.8 Å². The van der Waals surface area contributed by atoms with Crippen LogP contribution in [0.25, 0.3) is 0 Å². The molecule has 0 bridgehead atoms. The number of aryl methyl sites for hydroxylation is 1. The summed E-state index contributed by atoms with van der Waals surface area (Å²) in [5.74, 6) is 0. The molecule has 1 atom stereocenters. The van der Waals surface area contributed by atoms with E-state index in [0.29, 0.717) is 6.54 Å². The molecule has 1 aromatic carbocycles. The lowest BCUT2D eigenvalue weighted by molar-refractivity contribution is 0.108. The van der Waals surface area contributed by atoms with Crippen LogP contribution in [-0.4, -0.2) is 38.3 Å². The minimum absolute atomic E-state index is 0.269. The first-order valence-corrected chi connectivity index (χ1v) is 6.66. The summed E-state index contributed by atoms with van der Waals surface area (Å²) in [4.78, 5) is 2.28. The van der Waals surface area contributed by atoms with Crippen molar-refractivity contribution in [1.29, 1.82) is 0 Å². The molecule has 0 aliphatic heterocycles. The second-order valence-corrected chi connectivity index (χ2v) is 4.72. The first kappa shape index (κ1) is 15.2. The lowest BCUT2D eigenvalue weighted by Crippen LogP contribution is -2.33. The predicted molar refractivity (Wildman–Crippen MR) is 76.8 cm³/mol. The molecule has 1 rings (SSSR count). The first-order chi connectivity index (χ1) is 8.61. The number of rotatable bonds is 7. The van der Waals surface area contributed by atoms with Crippen LogP contribution in [0.15, 0.2) is 18.2 Å². The molecule has 1 unspecified atom stereocenters. The molecule has 3 heteroatoms. The molecule has 0 aliphatic carbocycles. The fourth-order valence-electron chi connectivity index (χ4n) is 2.19. The Morgan fingerprint density at radius 3 is 2.67 bits per heavy atom. The molecular formula is C15H26N2O. The number of likely N-dealkylation sites (N-methyl/N-ethyl adjacent to an activating group) is 1. The number of benzene rings is 1. The van der Waals surface area contributed by atoms with Gasteiger partial charge >= 0.3 is 0 Å². The second kappa shape index (κ2) is 7.52. The van der Waals surface area contributed by atoms with Gasteiger partial charge in [-0.25, -0.2) is 0 Å². The molecule has 0 saturated heterocycles. The first-order valence-electron chi connectivity index (χ1n) is 6.66. The van der Waals surface area contributed by atoms with Gasteiger partial charge in [0.2, 0.25) is 0 Å². The molecule has 3 nitrogen and oxygen atoms in total. The van der Waals surface area contributed by atoms with Crippen LogP contribution in [0, 0.1) is 13.8 Å². The summed E-state index contributed by atoms with van der Waals surface area (Å²) in [7, 11) is 2.11. The van der Waals surface area contributed by atoms with Crippen LogP contribution < -0.4 is 5.73 Å². The quantitative estimate of drug-likeness (QED) is 0.755. The van der Waals surface area contributed by atoms with Gasteiger partial charge in [-0.1, -0.05) is 18.2 Å². The summed E-state index contributed by atoms with van der Waals surface area (Å²) in [6, 6.07) is 6.70. The van der Waals surface area contributed by atoms with Gasteiger partial charge in [-0.3, -0.25) is 4.90 Å². The van der Waals surface area contributed by atoms with Crippen molar-refractivity contribution >= 4 is 0 Å². The molecule has 0 aromatic heterocycles. The van der Waals surface area contributed by atoms with E-state index < -0.39 is 0 Å². The van der Waals surface area contributed by atoms with Crippen molar-refractivity contribution < 1.29 is 4.74 Å². The van der Waals surface area contributed by atoms with Crippen LogP contribution in [-0.2, 0) is 4.74 Å². The Kier molecular flexibility index (Phi) is 6.33. The monoisotopic (exact) mass is 250 g/mol. The standard InChI is InChI=1S/C15H26N2O/c1-5-18-10-9-17(4)15(11-16)14-8-6-7-12(2)13(14)3/h6-8,15H,5,9-11,16H2,1-4H3. The summed E-state index contributed by atoms with van der Waals surface area (Å²) in [5, 5.41) is 0. The van der Waals surface area contributed by atoms with Crippen LogP contribution in [0.5, 0.6) is 0 Å². The lowest BCUT2D eigenvalue weighted by atomic mass is 9.96. The Morgan fingerprint density at radius 1 is 1.33 bits per heavy atom. The molecule has 0 amide bonds. The zero-order valence-electron chi connectivity index (χ0n) is 12.1. The molecule has 0 spiro atoms. The highest BCUT2D eigenvalue weighted by atomic mass is 16.5. The van der Waals surface area contributed by atoms with Crippen LogP contribution >= 0.6 is 0 Å². The highest BCUT2D eigenvalue weighted by molar-refractivity contribution is 5.35. The van der Waals surface area contributed by atoms with E-state index in [4.69, 9.17) is 10.5 Å². The molecule has 0 radical (unpaired) electrons. The van der Waals surface area contributed by atoms with Crippen molar-refractivity contribution in [3.63, 3.8) is 0 Å². The van der Waals surface area contributed by atoms with Gasteiger partial charge in [-0.15, -0.1) is 0 Å². The molecule has 18 heavy (non-hydrogen) atoms. The summed E-state index contributed by atoms with van der Waals surface area (Å²) in [6.45, 7) is 9.40. The zero-order valence-corrected chi connectivity index (χ0v) is 12.1. The van der Waals surface area contributed by atoms with E-state index >= 15 is 0 Å². The highest BCUT2D eigenvalue weighted by Gasteiger charge is 2.17. The molecule has 0 aliphatic rings. The highest BCUT2D eigenvalue weighted by Crippen LogP contribution is 2.23. The van der Waals surface area contributed by atoms with Gasteiger partial charge in [0.15, 0.2) is 0 Å². The second-order valence-electron chi connectivity index (χ2n) is 4.72. The molecule has 0 fully saturated rings. The van der Waals surface area contributed by atoms with Gasteiger partial charge in [0.05, 0.1) is 6.61 Å². The molecule has 0 saturated carbocycles. The van der Waals surface area contributed by atoms with Gasteiger partial charge in [0.25, 0.3) is 0 Å². The van der Waals surface area contributed by atoms with Crippen molar-refractivity contribution in [1.82, 2.24) is 4.90 Å². The molecule has 0 heterocycles. The number of nitrogens with zero attached hydrogens (tertiary/aromatic N) is 1. The number of hydrogen-bond acceptors (Lipinski definition) is 3. The van der Waals surface area contributed by atoms with E-state index in [1.807, 2.05) is 6.92 Å². The summed E-state index contributed by atoms with van der Waals surface area (Å²) >= 11 is 0. The topological polar surface area (TPSA) is 38.5 Å². The Labute approximate surface area is 111 Å². The minimum Gasteiger partial charge on any atom is -0.380 e. The van der Waals surface area contributed by atoms with Crippen molar-refractivity contribution in [3.8, 4) is 0 Å². The Balaban J connectivity index is 2.78. The van der Waals surface area contributed by atoms with Gasteiger partial charge in [-0.2, -0.15) is 0 Å². The zero-order chi connectivity index (χ0) is 13.5. The van der Waals surface area contributed by atoms with E-state index in [-0.39, 0.29) is 6.04 Å². The van der Waals surface area contributed by atoms with Crippen LogP contribution in [0.1, 0.15) is 29.7 Å². The maximum absolute atomic E-state index is 5.95. The Hall–Kier alpha value is -0.900. The normalized spacial score (nSPS) is 13.0. The largest absolute Gasteiger partial charge is 0.380 e. The third-order valence-corrected chi connectivity index (χ3v) is 3.55. The van der Waals surface area contributed by atoms with Crippen molar-refractivity contribution in [3.05, 3.63) is 34.9 Å².